The summed E-state index contributed by atoms with van der Waals surface area (Å²) in [5.74, 6) is 0.590. The molecule has 1 fully saturated rings. The number of hydrogen-bond acceptors (Lipinski definition) is 5. The number of nitrogens with zero attached hydrogens (tertiary/aromatic N) is 4. The van der Waals surface area contributed by atoms with E-state index in [-0.39, 0.29) is 5.91 Å². The van der Waals surface area contributed by atoms with E-state index < -0.39 is 0 Å². The van der Waals surface area contributed by atoms with Crippen molar-refractivity contribution >= 4 is 11.7 Å². The number of amides is 1. The van der Waals surface area contributed by atoms with E-state index in [1.165, 1.54) is 6.20 Å². The highest BCUT2D eigenvalue weighted by molar-refractivity contribution is 5.92. The number of piperazine rings is 1. The van der Waals surface area contributed by atoms with Crippen molar-refractivity contribution in [2.45, 2.75) is 26.3 Å². The third-order valence-electron chi connectivity index (χ3n) is 3.93. The van der Waals surface area contributed by atoms with Crippen LogP contribution in [0, 0.1) is 0 Å². The molecule has 1 amide bonds. The third-order valence-corrected chi connectivity index (χ3v) is 3.93. The van der Waals surface area contributed by atoms with Gasteiger partial charge in [0.1, 0.15) is 11.5 Å². The second-order valence-corrected chi connectivity index (χ2v) is 5.12. The Hall–Kier alpha value is -1.69. The topological polar surface area (TPSA) is 61.4 Å². The molecule has 1 aromatic rings. The van der Waals surface area contributed by atoms with Gasteiger partial charge in [0.15, 0.2) is 0 Å². The Bertz CT molecular complexity index is 457. The van der Waals surface area contributed by atoms with E-state index in [1.807, 2.05) is 4.90 Å². The lowest BCUT2D eigenvalue weighted by Gasteiger charge is -2.37. The minimum Gasteiger partial charge on any atom is -0.372 e. The smallest absolute Gasteiger partial charge is 0.274 e. The monoisotopic (exact) mass is 277 g/mol. The predicted molar refractivity (Wildman–Crippen MR) is 78.8 cm³/mol. The molecule has 2 heterocycles. The molecule has 1 atom stereocenters. The largest absolute Gasteiger partial charge is 0.372 e. The van der Waals surface area contributed by atoms with Crippen LogP contribution in [0.25, 0.3) is 0 Å². The highest BCUT2D eigenvalue weighted by atomic mass is 16.2. The summed E-state index contributed by atoms with van der Waals surface area (Å²) in [7, 11) is 1.77. The third kappa shape index (κ3) is 3.25. The minimum atomic E-state index is -0.0293. The molecule has 6 heteroatoms. The van der Waals surface area contributed by atoms with Gasteiger partial charge in [0.2, 0.25) is 0 Å². The molecular formula is C14H23N5O. The lowest BCUT2D eigenvalue weighted by molar-refractivity contribution is 0.0574. The maximum atomic E-state index is 12.4. The summed E-state index contributed by atoms with van der Waals surface area (Å²) >= 11 is 0. The molecule has 1 N–H and O–H groups in total. The summed E-state index contributed by atoms with van der Waals surface area (Å²) in [4.78, 5) is 25.0. The zero-order valence-corrected chi connectivity index (χ0v) is 12.5. The van der Waals surface area contributed by atoms with Gasteiger partial charge in [-0.3, -0.25) is 14.7 Å². The van der Waals surface area contributed by atoms with Crippen molar-refractivity contribution in [1.29, 1.82) is 0 Å². The standard InChI is InChI=1S/C14H23N5O/c1-4-11(2)18-5-7-19(8-6-18)14(20)12-9-16-10-13(15-3)17-12/h9-11H,4-8H2,1-3H3,(H,15,17). The van der Waals surface area contributed by atoms with Gasteiger partial charge in [-0.25, -0.2) is 4.98 Å². The fourth-order valence-electron chi connectivity index (χ4n) is 2.38. The van der Waals surface area contributed by atoms with Crippen molar-refractivity contribution in [2.75, 3.05) is 38.5 Å². The molecule has 1 aliphatic rings. The van der Waals surface area contributed by atoms with Gasteiger partial charge in [0, 0.05) is 39.3 Å². The summed E-state index contributed by atoms with van der Waals surface area (Å²) in [6.07, 6.45) is 4.28. The molecule has 0 aliphatic carbocycles. The molecule has 1 aliphatic heterocycles. The Labute approximate surface area is 120 Å². The summed E-state index contributed by atoms with van der Waals surface area (Å²) in [5, 5.41) is 2.90. The molecular weight excluding hydrogens is 254 g/mol. The van der Waals surface area contributed by atoms with Crippen LogP contribution < -0.4 is 5.32 Å². The van der Waals surface area contributed by atoms with Crippen LogP contribution in [0.2, 0.25) is 0 Å². The first kappa shape index (κ1) is 14.7. The van der Waals surface area contributed by atoms with E-state index in [2.05, 4.69) is 34.0 Å². The molecule has 0 bridgehead atoms. The molecule has 6 nitrogen and oxygen atoms in total. The molecule has 2 rings (SSSR count). The Morgan fingerprint density at radius 3 is 2.65 bits per heavy atom. The van der Waals surface area contributed by atoms with Crippen molar-refractivity contribution in [3.05, 3.63) is 18.1 Å². The zero-order valence-electron chi connectivity index (χ0n) is 12.5. The maximum Gasteiger partial charge on any atom is 0.274 e. The van der Waals surface area contributed by atoms with Crippen LogP contribution in [0.5, 0.6) is 0 Å². The molecule has 1 aromatic heterocycles. The number of nitrogens with one attached hydrogen (secondary N) is 1. The number of carbonyl (C=O) groups is 1. The van der Waals surface area contributed by atoms with Gasteiger partial charge in [0.25, 0.3) is 5.91 Å². The summed E-state index contributed by atoms with van der Waals surface area (Å²) in [6, 6.07) is 0.583. The average molecular weight is 277 g/mol. The molecule has 0 radical (unpaired) electrons. The number of rotatable bonds is 4. The molecule has 20 heavy (non-hydrogen) atoms. The maximum absolute atomic E-state index is 12.4. The first-order valence-electron chi connectivity index (χ1n) is 7.18. The van der Waals surface area contributed by atoms with E-state index in [0.717, 1.165) is 32.6 Å². The summed E-state index contributed by atoms with van der Waals surface area (Å²) in [5.41, 5.74) is 0.411. The summed E-state index contributed by atoms with van der Waals surface area (Å²) < 4.78 is 0. The Morgan fingerprint density at radius 1 is 1.35 bits per heavy atom. The quantitative estimate of drug-likeness (QED) is 0.892. The van der Waals surface area contributed by atoms with Gasteiger partial charge in [-0.2, -0.15) is 0 Å². The van der Waals surface area contributed by atoms with Gasteiger partial charge >= 0.3 is 0 Å². The summed E-state index contributed by atoms with van der Waals surface area (Å²) in [6.45, 7) is 7.81. The fraction of sp³-hybridized carbons (Fsp3) is 0.643. The minimum absolute atomic E-state index is 0.0293. The number of aromatic nitrogens is 2. The predicted octanol–water partition coefficient (Wildman–Crippen LogP) is 1.07. The highest BCUT2D eigenvalue weighted by Crippen LogP contribution is 2.11. The Morgan fingerprint density at radius 2 is 2.05 bits per heavy atom. The molecule has 0 saturated carbocycles. The van der Waals surface area contributed by atoms with Crippen LogP contribution in [-0.2, 0) is 0 Å². The van der Waals surface area contributed by atoms with E-state index >= 15 is 0 Å². The van der Waals surface area contributed by atoms with Crippen molar-refractivity contribution in [3.8, 4) is 0 Å². The normalized spacial score (nSPS) is 17.9. The van der Waals surface area contributed by atoms with Gasteiger partial charge < -0.3 is 10.2 Å². The van der Waals surface area contributed by atoms with E-state index in [9.17, 15) is 4.79 Å². The lowest BCUT2D eigenvalue weighted by atomic mass is 10.2. The fourth-order valence-corrected chi connectivity index (χ4v) is 2.38. The number of anilines is 1. The SMILES string of the molecule is CCC(C)N1CCN(C(=O)c2cncc(NC)n2)CC1. The average Bonchev–Trinajstić information content (AvgIpc) is 2.53. The van der Waals surface area contributed by atoms with Crippen LogP contribution in [-0.4, -0.2) is 64.9 Å². The van der Waals surface area contributed by atoms with Gasteiger partial charge in [-0.1, -0.05) is 6.92 Å². The van der Waals surface area contributed by atoms with Crippen molar-refractivity contribution in [3.63, 3.8) is 0 Å². The van der Waals surface area contributed by atoms with Crippen LogP contribution in [0.1, 0.15) is 30.8 Å². The van der Waals surface area contributed by atoms with Gasteiger partial charge in [-0.15, -0.1) is 0 Å². The van der Waals surface area contributed by atoms with Crippen LogP contribution in [0.4, 0.5) is 5.82 Å². The molecule has 1 saturated heterocycles. The van der Waals surface area contributed by atoms with E-state index in [1.54, 1.807) is 13.2 Å². The first-order chi connectivity index (χ1) is 9.65. The Balaban J connectivity index is 1.97. The van der Waals surface area contributed by atoms with Crippen molar-refractivity contribution < 1.29 is 4.79 Å². The molecule has 1 unspecified atom stereocenters. The van der Waals surface area contributed by atoms with Crippen LogP contribution in [0.15, 0.2) is 12.4 Å². The lowest BCUT2D eigenvalue weighted by Crippen LogP contribution is -2.51. The van der Waals surface area contributed by atoms with Gasteiger partial charge in [0.05, 0.1) is 12.4 Å². The second-order valence-electron chi connectivity index (χ2n) is 5.12. The molecule has 0 aromatic carbocycles. The van der Waals surface area contributed by atoms with Crippen LogP contribution >= 0.6 is 0 Å². The molecule has 110 valence electrons. The Kier molecular flexibility index (Phi) is 4.89. The zero-order chi connectivity index (χ0) is 14.5. The highest BCUT2D eigenvalue weighted by Gasteiger charge is 2.25. The van der Waals surface area contributed by atoms with Crippen molar-refractivity contribution in [1.82, 2.24) is 19.8 Å². The van der Waals surface area contributed by atoms with E-state index in [0.29, 0.717) is 17.6 Å². The first-order valence-corrected chi connectivity index (χ1v) is 7.18. The second kappa shape index (κ2) is 6.65. The van der Waals surface area contributed by atoms with Crippen molar-refractivity contribution in [2.24, 2.45) is 0 Å². The number of hydrogen-bond donors (Lipinski definition) is 1. The molecule has 0 spiro atoms. The van der Waals surface area contributed by atoms with Gasteiger partial charge in [-0.05, 0) is 13.3 Å². The van der Waals surface area contributed by atoms with Crippen LogP contribution in [0.3, 0.4) is 0 Å². The van der Waals surface area contributed by atoms with E-state index in [4.69, 9.17) is 0 Å². The number of carbonyl (C=O) groups excluding carboxylic acids is 1.